The molecule has 18 aliphatic rings. The van der Waals surface area contributed by atoms with Gasteiger partial charge in [0.1, 0.15) is 0 Å². The number of fused-ring (bicyclic) bond motifs is 10. The van der Waals surface area contributed by atoms with Gasteiger partial charge in [0.25, 0.3) is 0 Å². The van der Waals surface area contributed by atoms with Crippen molar-refractivity contribution in [3.63, 3.8) is 0 Å². The fourth-order valence-electron chi connectivity index (χ4n) is 31.7. The van der Waals surface area contributed by atoms with Gasteiger partial charge in [-0.15, -0.1) is 0 Å². The van der Waals surface area contributed by atoms with E-state index in [0.717, 1.165) is 73.1 Å². The second-order valence-electron chi connectivity index (χ2n) is 25.1. The van der Waals surface area contributed by atoms with Crippen molar-refractivity contribution in [3.05, 3.63) is 96.1 Å². The first-order valence-corrected chi connectivity index (χ1v) is 30.8. The van der Waals surface area contributed by atoms with Crippen LogP contribution in [0.5, 0.6) is 0 Å². The summed E-state index contributed by atoms with van der Waals surface area (Å²) < 4.78 is 1.84. The van der Waals surface area contributed by atoms with Crippen LogP contribution in [-0.4, -0.2) is 27.4 Å². The van der Waals surface area contributed by atoms with E-state index in [1.165, 1.54) is 30.7 Å². The summed E-state index contributed by atoms with van der Waals surface area (Å²) in [7, 11) is 3.81. The van der Waals surface area contributed by atoms with Crippen LogP contribution in [0.4, 0.5) is 0 Å². The monoisotopic (exact) mass is 776 g/mol. The number of hydrogen-bond acceptors (Lipinski definition) is 2. The van der Waals surface area contributed by atoms with Crippen LogP contribution in [-0.2, 0) is 16.0 Å². The molecule has 1 aromatic carbocycles. The Balaban J connectivity index is 0.907. The van der Waals surface area contributed by atoms with E-state index in [1.807, 2.05) is 5.56 Å². The van der Waals surface area contributed by atoms with Crippen LogP contribution < -0.4 is 0 Å². The van der Waals surface area contributed by atoms with Crippen LogP contribution in [0.1, 0.15) is 81.2 Å². The standard InChI is InChI=1S/C37H45N2P2.C11H9.Fe/c40-37(33-8-1-3-10-38-33,34-9-2-4-11-39-34)32-7-5-6-27(32)22-41(35-28-14-23-12-24(16-28)17-29(35)15-23)36-30-18-25-13-26(20-30)21-31(36)19-25;1-2-6-10(7-3-1)11-8-4-5-9-11;/h1-11,23-26,28-31,35-36H,12-22,40H2;1-9H;. The molecule has 8 saturated carbocycles. The number of hydrogen-bond donors (Lipinski definition) is 0. The third kappa shape index (κ3) is 0.945. The Morgan fingerprint density at radius 1 is 0.585 bits per heavy atom. The Kier molecular flexibility index (Phi) is 2.67. The molecule has 0 radical (unpaired) electrons. The van der Waals surface area contributed by atoms with Gasteiger partial charge in [-0.25, -0.2) is 0 Å². The molecule has 8 bridgehead atoms. The predicted octanol–water partition coefficient (Wildman–Crippen LogP) is 12.0. The van der Waals surface area contributed by atoms with Gasteiger partial charge < -0.3 is 0 Å². The normalized spacial score (nSPS) is 70.6. The van der Waals surface area contributed by atoms with Gasteiger partial charge in [0.15, 0.2) is 0 Å². The van der Waals surface area contributed by atoms with Crippen molar-refractivity contribution < 1.29 is 6.51 Å². The summed E-state index contributed by atoms with van der Waals surface area (Å²) in [4.78, 5) is 19.2. The third-order valence-electron chi connectivity index (χ3n) is 28.8. The summed E-state index contributed by atoms with van der Waals surface area (Å²) in [5, 5.41) is -0.128. The van der Waals surface area contributed by atoms with Crippen LogP contribution in [0.25, 0.3) is 0 Å². The molecule has 2 aromatic heterocycles. The summed E-state index contributed by atoms with van der Waals surface area (Å²) in [5.41, 5.74) is 6.89. The molecule has 3 aromatic rings. The summed E-state index contributed by atoms with van der Waals surface area (Å²) in [6.45, 7) is -4.45. The molecule has 0 amide bonds. The number of aromatic nitrogens is 2. The molecule has 1 spiro atoms. The molecule has 12 heterocycles. The van der Waals surface area contributed by atoms with Gasteiger partial charge >= 0.3 is 311 Å². The van der Waals surface area contributed by atoms with Gasteiger partial charge in [-0.1, -0.05) is 0 Å². The SMILES string of the molecule is PC(c1ccccn1)(c1ccccn1)[C]12[CH]3[CH]4[CH]5[C]1(CP(C1C6CC7CC(C6)CC1C7)C1C6CC7CC(C6)CC1C7)[Fe]45321678[CH]2[CH]1[CH]6[C]7(c1ccccc1)[CH]28. The van der Waals surface area contributed by atoms with Gasteiger partial charge in [0, 0.05) is 0 Å². The zero-order chi connectivity index (χ0) is 33.8. The van der Waals surface area contributed by atoms with Gasteiger partial charge in [-0.05, 0) is 0 Å². The maximum absolute atomic E-state index is 5.49. The molecule has 5 heteroatoms. The number of pyridine rings is 2. The van der Waals surface area contributed by atoms with Crippen molar-refractivity contribution in [1.82, 2.24) is 9.97 Å². The number of rotatable bonds is 8. The van der Waals surface area contributed by atoms with E-state index in [1.54, 1.807) is 70.4 Å². The van der Waals surface area contributed by atoms with Crippen LogP contribution in [0, 0.1) is 47.3 Å². The van der Waals surface area contributed by atoms with E-state index in [0.29, 0.717) is 12.9 Å². The van der Waals surface area contributed by atoms with Crippen molar-refractivity contribution in [2.24, 2.45) is 47.3 Å². The van der Waals surface area contributed by atoms with Crippen molar-refractivity contribution in [2.75, 3.05) is 6.16 Å². The molecule has 2 nitrogen and oxygen atoms in total. The van der Waals surface area contributed by atoms with Crippen molar-refractivity contribution in [1.29, 1.82) is 0 Å². The average Bonchev–Trinajstić information content (AvgIpc) is 4.14. The Bertz CT molecular complexity index is 2610. The topological polar surface area (TPSA) is 25.8 Å². The van der Waals surface area contributed by atoms with Crippen molar-refractivity contribution in [3.8, 4) is 0 Å². The average molecular weight is 777 g/mol. The second-order valence-corrected chi connectivity index (χ2v) is 51.5. The Hall–Kier alpha value is -1.10. The minimum absolute atomic E-state index is 0.0103. The van der Waals surface area contributed by atoms with Crippen LogP contribution in [0.2, 0.25) is 42.3 Å². The van der Waals surface area contributed by atoms with Gasteiger partial charge in [-0.3, -0.25) is 0 Å². The van der Waals surface area contributed by atoms with Gasteiger partial charge in [-0.2, -0.15) is 0 Å². The maximum atomic E-state index is 5.49. The van der Waals surface area contributed by atoms with E-state index >= 15 is 0 Å². The van der Waals surface area contributed by atoms with Crippen molar-refractivity contribution in [2.45, 2.75) is 127 Å². The fourth-order valence-corrected chi connectivity index (χ4v) is 122. The minimum atomic E-state index is -4.45. The molecule has 53 heavy (non-hydrogen) atoms. The van der Waals surface area contributed by atoms with Gasteiger partial charge in [0.05, 0.1) is 0 Å². The van der Waals surface area contributed by atoms with E-state index < -0.39 is 6.51 Å². The third-order valence-corrected chi connectivity index (χ3v) is 78.4. The zero-order valence-electron chi connectivity index (χ0n) is 30.9. The van der Waals surface area contributed by atoms with E-state index in [9.17, 15) is 0 Å². The zero-order valence-corrected chi connectivity index (χ0v) is 34.0. The van der Waals surface area contributed by atoms with E-state index in [2.05, 4.69) is 88.4 Å². The Morgan fingerprint density at radius 2 is 1.08 bits per heavy atom. The molecule has 10 unspecified atom stereocenters. The first-order chi connectivity index (χ1) is 25.8. The molecular weight excluding hydrogens is 722 g/mol. The van der Waals surface area contributed by atoms with Crippen molar-refractivity contribution >= 4 is 17.2 Å². The van der Waals surface area contributed by atoms with E-state index in [-0.39, 0.29) is 13.1 Å². The molecule has 0 N–H and O–H groups in total. The first kappa shape index (κ1) is 27.5. The number of nitrogens with zero attached hydrogens (tertiary/aromatic N) is 2. The molecule has 8 aliphatic carbocycles. The summed E-state index contributed by atoms with van der Waals surface area (Å²) >= 11 is 0. The van der Waals surface area contributed by atoms with E-state index in [4.69, 9.17) is 9.97 Å². The summed E-state index contributed by atoms with van der Waals surface area (Å²) in [6, 6.07) is 26.7. The first-order valence-electron chi connectivity index (χ1n) is 22.5. The fraction of sp³-hybridized carbons (Fsp3) is 0.667. The predicted molar refractivity (Wildman–Crippen MR) is 212 cm³/mol. The molecule has 18 fully saturated rings. The molecule has 21 rings (SSSR count). The summed E-state index contributed by atoms with van der Waals surface area (Å²) in [6.07, 6.45) is 22.3. The van der Waals surface area contributed by atoms with Crippen LogP contribution >= 0.6 is 17.2 Å². The molecule has 274 valence electrons. The molecule has 10 saturated heterocycles. The van der Waals surface area contributed by atoms with Crippen LogP contribution in [0.15, 0.2) is 79.1 Å². The van der Waals surface area contributed by atoms with Gasteiger partial charge in [0.2, 0.25) is 0 Å². The second kappa shape index (κ2) is 5.15. The Labute approximate surface area is 308 Å². The quantitative estimate of drug-likeness (QED) is 0.168. The molecular formula is C48H54FeN2P2. The summed E-state index contributed by atoms with van der Waals surface area (Å²) in [5.74, 6) is 8.74. The van der Waals surface area contributed by atoms with Crippen LogP contribution in [0.3, 0.4) is 0 Å². The molecule has 10 aliphatic heterocycles. The Morgan fingerprint density at radius 3 is 1.51 bits per heavy atom. The number of benzene rings is 1. The molecule has 10 atom stereocenters.